The average molecular weight is 375 g/mol. The molecule has 2 aromatic carbocycles. The van der Waals surface area contributed by atoms with Gasteiger partial charge in [0.1, 0.15) is 0 Å². The molecular weight excluding hydrogens is 350 g/mol. The number of hydrogen-bond donors (Lipinski definition) is 2. The van der Waals surface area contributed by atoms with Crippen LogP contribution in [-0.2, 0) is 16.4 Å². The zero-order valence-electron chi connectivity index (χ0n) is 15.3. The van der Waals surface area contributed by atoms with Crippen molar-refractivity contribution in [3.8, 4) is 0 Å². The Morgan fingerprint density at radius 2 is 1.65 bits per heavy atom. The van der Waals surface area contributed by atoms with Crippen molar-refractivity contribution in [2.75, 3.05) is 20.6 Å². The molecule has 0 aliphatic carbocycles. The topological polar surface area (TPSA) is 92.5 Å². The van der Waals surface area contributed by atoms with Crippen molar-refractivity contribution in [3.63, 3.8) is 0 Å². The minimum Gasteiger partial charge on any atom is -0.366 e. The number of nitrogens with two attached hydrogens (primary N) is 1. The first-order valence-corrected chi connectivity index (χ1v) is 9.87. The Kier molecular flexibility index (Phi) is 6.52. The summed E-state index contributed by atoms with van der Waals surface area (Å²) in [6.07, 6.45) is 0.959. The third kappa shape index (κ3) is 4.91. The summed E-state index contributed by atoms with van der Waals surface area (Å²) < 4.78 is 27.7. The van der Waals surface area contributed by atoms with Crippen LogP contribution in [0.2, 0.25) is 0 Å². The first kappa shape index (κ1) is 20.1. The maximum absolute atomic E-state index is 12.5. The van der Waals surface area contributed by atoms with Gasteiger partial charge in [-0.25, -0.2) is 13.1 Å². The molecule has 0 heterocycles. The molecule has 26 heavy (non-hydrogen) atoms. The average Bonchev–Trinajstić information content (AvgIpc) is 2.62. The molecule has 0 saturated heterocycles. The molecule has 7 heteroatoms. The Labute approximate surface area is 155 Å². The molecule has 2 rings (SSSR count). The van der Waals surface area contributed by atoms with Gasteiger partial charge in [-0.05, 0) is 55.9 Å². The van der Waals surface area contributed by atoms with Gasteiger partial charge in [-0.2, -0.15) is 0 Å². The highest BCUT2D eigenvalue weighted by atomic mass is 32.2. The fourth-order valence-electron chi connectivity index (χ4n) is 2.64. The largest absolute Gasteiger partial charge is 0.366 e. The van der Waals surface area contributed by atoms with Gasteiger partial charge in [0, 0.05) is 18.2 Å². The SMILES string of the molecule is CCc1ccc(C(CNS(=O)(=O)c2ccc(C(N)=O)cc2)N(C)C)cc1. The van der Waals surface area contributed by atoms with Crippen molar-refractivity contribution in [3.05, 3.63) is 65.2 Å². The van der Waals surface area contributed by atoms with Crippen LogP contribution in [0.4, 0.5) is 0 Å². The molecule has 1 atom stereocenters. The number of benzene rings is 2. The fourth-order valence-corrected chi connectivity index (χ4v) is 3.68. The second kappa shape index (κ2) is 8.44. The van der Waals surface area contributed by atoms with E-state index in [1.165, 1.54) is 29.8 Å². The Hall–Kier alpha value is -2.22. The van der Waals surface area contributed by atoms with Crippen LogP contribution in [0.1, 0.15) is 34.5 Å². The lowest BCUT2D eigenvalue weighted by Gasteiger charge is -2.25. The van der Waals surface area contributed by atoms with Crippen molar-refractivity contribution in [1.29, 1.82) is 0 Å². The Bertz CT molecular complexity index is 845. The number of sulfonamides is 1. The molecule has 0 aliphatic rings. The van der Waals surface area contributed by atoms with E-state index in [0.29, 0.717) is 0 Å². The summed E-state index contributed by atoms with van der Waals surface area (Å²) in [5.41, 5.74) is 7.73. The standard InChI is InChI=1S/C19H25N3O3S/c1-4-14-5-7-15(8-6-14)18(22(2)3)13-21-26(24,25)17-11-9-16(10-12-17)19(20)23/h5-12,18,21H,4,13H2,1-3H3,(H2,20,23). The molecule has 1 unspecified atom stereocenters. The van der Waals surface area contributed by atoms with E-state index in [9.17, 15) is 13.2 Å². The number of amides is 1. The summed E-state index contributed by atoms with van der Waals surface area (Å²) in [5.74, 6) is -0.592. The summed E-state index contributed by atoms with van der Waals surface area (Å²) in [4.78, 5) is 13.2. The predicted octanol–water partition coefficient (Wildman–Crippen LogP) is 1.93. The molecule has 140 valence electrons. The third-order valence-corrected chi connectivity index (χ3v) is 5.75. The van der Waals surface area contributed by atoms with Gasteiger partial charge >= 0.3 is 0 Å². The van der Waals surface area contributed by atoms with Crippen molar-refractivity contribution < 1.29 is 13.2 Å². The molecule has 1 amide bonds. The number of hydrogen-bond acceptors (Lipinski definition) is 4. The van der Waals surface area contributed by atoms with Gasteiger partial charge in [-0.3, -0.25) is 4.79 Å². The highest BCUT2D eigenvalue weighted by molar-refractivity contribution is 7.89. The quantitative estimate of drug-likeness (QED) is 0.737. The minimum atomic E-state index is -3.68. The lowest BCUT2D eigenvalue weighted by Crippen LogP contribution is -2.34. The Morgan fingerprint density at radius 3 is 2.12 bits per heavy atom. The lowest BCUT2D eigenvalue weighted by molar-refractivity contribution is 0.1000. The van der Waals surface area contributed by atoms with Gasteiger partial charge in [-0.15, -0.1) is 0 Å². The monoisotopic (exact) mass is 375 g/mol. The normalized spacial score (nSPS) is 12.9. The molecule has 0 aromatic heterocycles. The van der Waals surface area contributed by atoms with Crippen molar-refractivity contribution in [2.24, 2.45) is 5.73 Å². The number of carbonyl (C=O) groups excluding carboxylic acids is 1. The van der Waals surface area contributed by atoms with Gasteiger partial charge in [-0.1, -0.05) is 31.2 Å². The van der Waals surface area contributed by atoms with Crippen molar-refractivity contribution >= 4 is 15.9 Å². The van der Waals surface area contributed by atoms with E-state index in [1.807, 2.05) is 31.1 Å². The maximum Gasteiger partial charge on any atom is 0.248 e. The summed E-state index contributed by atoms with van der Waals surface area (Å²) in [6.45, 7) is 2.33. The van der Waals surface area contributed by atoms with Gasteiger partial charge in [0.25, 0.3) is 0 Å². The maximum atomic E-state index is 12.5. The van der Waals surface area contributed by atoms with Crippen LogP contribution in [-0.4, -0.2) is 39.9 Å². The molecule has 3 N–H and O–H groups in total. The van der Waals surface area contributed by atoms with Crippen LogP contribution in [0.15, 0.2) is 53.4 Å². The van der Waals surface area contributed by atoms with Gasteiger partial charge in [0.15, 0.2) is 0 Å². The van der Waals surface area contributed by atoms with Gasteiger partial charge in [0.2, 0.25) is 15.9 Å². The summed E-state index contributed by atoms with van der Waals surface area (Å²) in [7, 11) is 0.141. The van der Waals surface area contributed by atoms with Crippen LogP contribution >= 0.6 is 0 Å². The molecular formula is C19H25N3O3S. The highest BCUT2D eigenvalue weighted by Gasteiger charge is 2.20. The van der Waals surface area contributed by atoms with Crippen LogP contribution in [0, 0.1) is 0 Å². The summed E-state index contributed by atoms with van der Waals surface area (Å²) in [5, 5.41) is 0. The predicted molar refractivity (Wildman–Crippen MR) is 102 cm³/mol. The van der Waals surface area contributed by atoms with Crippen molar-refractivity contribution in [1.82, 2.24) is 9.62 Å². The molecule has 0 fully saturated rings. The highest BCUT2D eigenvalue weighted by Crippen LogP contribution is 2.19. The minimum absolute atomic E-state index is 0.0967. The van der Waals surface area contributed by atoms with E-state index in [0.717, 1.165) is 12.0 Å². The van der Waals surface area contributed by atoms with E-state index in [4.69, 9.17) is 5.73 Å². The number of carbonyl (C=O) groups is 1. The lowest BCUT2D eigenvalue weighted by atomic mass is 10.0. The molecule has 0 radical (unpaired) electrons. The second-order valence-corrected chi connectivity index (χ2v) is 8.08. The Balaban J connectivity index is 2.15. The molecule has 0 spiro atoms. The molecule has 2 aromatic rings. The number of rotatable bonds is 8. The summed E-state index contributed by atoms with van der Waals surface area (Å²) >= 11 is 0. The molecule has 0 saturated carbocycles. The van der Waals surface area contributed by atoms with Crippen LogP contribution in [0.5, 0.6) is 0 Å². The van der Waals surface area contributed by atoms with Crippen LogP contribution < -0.4 is 10.5 Å². The zero-order chi connectivity index (χ0) is 19.3. The number of primary amides is 1. The number of nitrogens with one attached hydrogen (secondary N) is 1. The number of aryl methyl sites for hydroxylation is 1. The van der Waals surface area contributed by atoms with E-state index in [1.54, 1.807) is 0 Å². The number of likely N-dealkylation sites (N-methyl/N-ethyl adjacent to an activating group) is 1. The van der Waals surface area contributed by atoms with Gasteiger partial charge in [0.05, 0.1) is 4.90 Å². The molecule has 0 bridgehead atoms. The van der Waals surface area contributed by atoms with E-state index >= 15 is 0 Å². The van der Waals surface area contributed by atoms with Gasteiger partial charge < -0.3 is 10.6 Å². The smallest absolute Gasteiger partial charge is 0.248 e. The number of nitrogens with zero attached hydrogens (tertiary/aromatic N) is 1. The molecule has 6 nitrogen and oxygen atoms in total. The molecule has 0 aliphatic heterocycles. The zero-order valence-corrected chi connectivity index (χ0v) is 16.1. The Morgan fingerprint density at radius 1 is 1.08 bits per heavy atom. The third-order valence-electron chi connectivity index (χ3n) is 4.31. The summed E-state index contributed by atoms with van der Waals surface area (Å²) in [6, 6.07) is 13.6. The van der Waals surface area contributed by atoms with Crippen LogP contribution in [0.25, 0.3) is 0 Å². The van der Waals surface area contributed by atoms with Crippen molar-refractivity contribution in [2.45, 2.75) is 24.3 Å². The fraction of sp³-hybridized carbons (Fsp3) is 0.316. The van der Waals surface area contributed by atoms with E-state index in [-0.39, 0.29) is 23.0 Å². The van der Waals surface area contributed by atoms with E-state index in [2.05, 4.69) is 23.8 Å². The van der Waals surface area contributed by atoms with E-state index < -0.39 is 15.9 Å². The first-order valence-electron chi connectivity index (χ1n) is 8.39. The first-order chi connectivity index (χ1) is 12.2. The van der Waals surface area contributed by atoms with Crippen LogP contribution in [0.3, 0.4) is 0 Å². The second-order valence-electron chi connectivity index (χ2n) is 6.32.